The summed E-state index contributed by atoms with van der Waals surface area (Å²) in [4.78, 5) is 19.8. The van der Waals surface area contributed by atoms with Gasteiger partial charge in [-0.2, -0.15) is 0 Å². The van der Waals surface area contributed by atoms with E-state index in [4.69, 9.17) is 9.47 Å². The summed E-state index contributed by atoms with van der Waals surface area (Å²) >= 11 is 0. The van der Waals surface area contributed by atoms with E-state index in [1.165, 1.54) is 0 Å². The van der Waals surface area contributed by atoms with Crippen LogP contribution < -0.4 is 14.8 Å². The average Bonchev–Trinajstić information content (AvgIpc) is 3.44. The fourth-order valence-electron chi connectivity index (χ4n) is 3.27. The van der Waals surface area contributed by atoms with Crippen LogP contribution in [0.2, 0.25) is 0 Å². The third-order valence-corrected chi connectivity index (χ3v) is 4.67. The maximum absolute atomic E-state index is 12.6. The number of carbonyl (C=O) groups excluding carboxylic acids is 1. The molecule has 0 unspecified atom stereocenters. The number of pyridine rings is 1. The van der Waals surface area contributed by atoms with Gasteiger partial charge in [0.2, 0.25) is 12.6 Å². The van der Waals surface area contributed by atoms with Gasteiger partial charge in [0.25, 0.3) is 5.91 Å². The molecule has 0 radical (unpaired) electrons. The number of aromatic amines is 1. The predicted octanol–water partition coefficient (Wildman–Crippen LogP) is 3.44. The number of hydrogen-bond acceptors (Lipinski definition) is 6. The molecule has 0 saturated heterocycles. The number of nitrogens with one attached hydrogen (secondary N) is 2. The predicted molar refractivity (Wildman–Crippen MR) is 109 cm³/mol. The van der Waals surface area contributed by atoms with E-state index in [0.717, 1.165) is 16.7 Å². The molecule has 0 fully saturated rings. The topological polar surface area (TPSA) is 102 Å². The number of nitrogens with zero attached hydrogens (tertiary/aromatic N) is 3. The highest BCUT2D eigenvalue weighted by atomic mass is 16.7. The minimum Gasteiger partial charge on any atom is -0.454 e. The van der Waals surface area contributed by atoms with Crippen LogP contribution in [0, 0.1) is 0 Å². The highest BCUT2D eigenvalue weighted by Crippen LogP contribution is 2.41. The molecule has 0 aliphatic carbocycles. The SMILES string of the molecule is O=C(Nc1cc(-c2cccc3c2OCO3)ccn1)c1nnc(Cc2ccccc2)[nH]1. The van der Waals surface area contributed by atoms with Crippen molar-refractivity contribution in [2.24, 2.45) is 0 Å². The first-order valence-corrected chi connectivity index (χ1v) is 9.38. The lowest BCUT2D eigenvalue weighted by molar-refractivity contribution is 0.101. The molecule has 1 aliphatic rings. The zero-order valence-electron chi connectivity index (χ0n) is 15.8. The Hall–Kier alpha value is -4.20. The Kier molecular flexibility index (Phi) is 4.57. The number of carbonyl (C=O) groups is 1. The van der Waals surface area contributed by atoms with Crippen LogP contribution >= 0.6 is 0 Å². The van der Waals surface area contributed by atoms with Crippen molar-refractivity contribution in [3.63, 3.8) is 0 Å². The van der Waals surface area contributed by atoms with Crippen molar-refractivity contribution >= 4 is 11.7 Å². The minimum atomic E-state index is -0.413. The summed E-state index contributed by atoms with van der Waals surface area (Å²) in [7, 11) is 0. The first kappa shape index (κ1) is 17.9. The van der Waals surface area contributed by atoms with Crippen LogP contribution in [0.1, 0.15) is 22.0 Å². The van der Waals surface area contributed by atoms with Crippen LogP contribution in [-0.2, 0) is 6.42 Å². The zero-order valence-corrected chi connectivity index (χ0v) is 15.8. The Bertz CT molecular complexity index is 1210. The van der Waals surface area contributed by atoms with Gasteiger partial charge < -0.3 is 19.8 Å². The molecule has 2 N–H and O–H groups in total. The number of ether oxygens (including phenoxy) is 2. The van der Waals surface area contributed by atoms with Crippen molar-refractivity contribution in [1.82, 2.24) is 20.2 Å². The van der Waals surface area contributed by atoms with Crippen molar-refractivity contribution in [2.45, 2.75) is 6.42 Å². The van der Waals surface area contributed by atoms with Gasteiger partial charge in [-0.15, -0.1) is 10.2 Å². The van der Waals surface area contributed by atoms with Crippen LogP contribution in [0.4, 0.5) is 5.82 Å². The number of anilines is 1. The van der Waals surface area contributed by atoms with E-state index in [1.807, 2.05) is 54.6 Å². The number of benzene rings is 2. The number of hydrogen-bond donors (Lipinski definition) is 2. The summed E-state index contributed by atoms with van der Waals surface area (Å²) < 4.78 is 11.0. The van der Waals surface area contributed by atoms with Crippen molar-refractivity contribution in [3.8, 4) is 22.6 Å². The smallest absolute Gasteiger partial charge is 0.294 e. The summed E-state index contributed by atoms with van der Waals surface area (Å²) in [6.45, 7) is 0.192. The largest absolute Gasteiger partial charge is 0.454 e. The fraction of sp³-hybridized carbons (Fsp3) is 0.0909. The van der Waals surface area contributed by atoms with Crippen LogP contribution in [0.15, 0.2) is 66.9 Å². The maximum atomic E-state index is 12.6. The van der Waals surface area contributed by atoms with Crippen molar-refractivity contribution < 1.29 is 14.3 Å². The van der Waals surface area contributed by atoms with Gasteiger partial charge in [0, 0.05) is 18.2 Å². The van der Waals surface area contributed by atoms with Crippen molar-refractivity contribution in [2.75, 3.05) is 12.1 Å². The number of para-hydroxylation sites is 1. The molecule has 148 valence electrons. The summed E-state index contributed by atoms with van der Waals surface area (Å²) in [5, 5.41) is 10.8. The lowest BCUT2D eigenvalue weighted by Crippen LogP contribution is -2.14. The first-order chi connectivity index (χ1) is 14.8. The summed E-state index contributed by atoms with van der Waals surface area (Å²) in [6.07, 6.45) is 2.19. The first-order valence-electron chi connectivity index (χ1n) is 9.38. The number of H-pyrrole nitrogens is 1. The molecule has 4 aromatic rings. The van der Waals surface area contributed by atoms with E-state index in [-0.39, 0.29) is 12.6 Å². The Balaban J connectivity index is 1.33. The molecule has 2 aromatic heterocycles. The summed E-state index contributed by atoms with van der Waals surface area (Å²) in [6, 6.07) is 19.1. The van der Waals surface area contributed by atoms with Gasteiger partial charge in [-0.05, 0) is 29.3 Å². The van der Waals surface area contributed by atoms with E-state index in [2.05, 4.69) is 25.5 Å². The van der Waals surface area contributed by atoms with Gasteiger partial charge in [-0.3, -0.25) is 4.79 Å². The minimum absolute atomic E-state index is 0.130. The van der Waals surface area contributed by atoms with Gasteiger partial charge in [-0.1, -0.05) is 42.5 Å². The molecule has 5 rings (SSSR count). The molecule has 8 nitrogen and oxygen atoms in total. The van der Waals surface area contributed by atoms with E-state index in [9.17, 15) is 4.79 Å². The van der Waals surface area contributed by atoms with Gasteiger partial charge in [-0.25, -0.2) is 4.98 Å². The van der Waals surface area contributed by atoms with E-state index in [1.54, 1.807) is 12.3 Å². The Labute approximate surface area is 171 Å². The molecule has 3 heterocycles. The standard InChI is InChI=1S/C22H17N5O3/c28-22(21-24-19(26-27-21)11-14-5-2-1-3-6-14)25-18-12-15(9-10-23-18)16-7-4-8-17-20(16)30-13-29-17/h1-10,12H,11,13H2,(H,23,25,28)(H,24,26,27). The van der Waals surface area contributed by atoms with Crippen LogP contribution in [0.25, 0.3) is 11.1 Å². The Morgan fingerprint density at radius 2 is 1.93 bits per heavy atom. The molecule has 0 bridgehead atoms. The normalized spacial score (nSPS) is 12.0. The summed E-state index contributed by atoms with van der Waals surface area (Å²) in [5.74, 6) is 2.11. The maximum Gasteiger partial charge on any atom is 0.294 e. The lowest BCUT2D eigenvalue weighted by Gasteiger charge is -2.08. The average molecular weight is 399 g/mol. The zero-order chi connectivity index (χ0) is 20.3. The molecule has 2 aromatic carbocycles. The second-order valence-corrected chi connectivity index (χ2v) is 6.71. The van der Waals surface area contributed by atoms with Gasteiger partial charge in [0.15, 0.2) is 11.5 Å². The number of amides is 1. The third-order valence-electron chi connectivity index (χ3n) is 4.67. The molecular weight excluding hydrogens is 382 g/mol. The van der Waals surface area contributed by atoms with E-state index >= 15 is 0 Å². The van der Waals surface area contributed by atoms with E-state index in [0.29, 0.717) is 29.6 Å². The molecule has 0 spiro atoms. The quantitative estimate of drug-likeness (QED) is 0.533. The Morgan fingerprint density at radius 3 is 2.83 bits per heavy atom. The van der Waals surface area contributed by atoms with E-state index < -0.39 is 5.91 Å². The molecule has 8 heteroatoms. The fourth-order valence-corrected chi connectivity index (χ4v) is 3.27. The Morgan fingerprint density at radius 1 is 1.03 bits per heavy atom. The van der Waals surface area contributed by atoms with Crippen LogP contribution in [0.5, 0.6) is 11.5 Å². The summed E-state index contributed by atoms with van der Waals surface area (Å²) in [5.41, 5.74) is 2.80. The third kappa shape index (κ3) is 3.58. The number of rotatable bonds is 5. The van der Waals surface area contributed by atoms with Gasteiger partial charge in [0.1, 0.15) is 11.6 Å². The molecular formula is C22H17N5O3. The monoisotopic (exact) mass is 399 g/mol. The molecule has 1 amide bonds. The number of aromatic nitrogens is 4. The highest BCUT2D eigenvalue weighted by Gasteiger charge is 2.19. The van der Waals surface area contributed by atoms with Crippen molar-refractivity contribution in [3.05, 3.63) is 84.1 Å². The highest BCUT2D eigenvalue weighted by molar-refractivity contribution is 6.01. The molecule has 1 aliphatic heterocycles. The van der Waals surface area contributed by atoms with Crippen LogP contribution in [-0.4, -0.2) is 32.9 Å². The molecule has 0 atom stereocenters. The van der Waals surface area contributed by atoms with Crippen molar-refractivity contribution in [1.29, 1.82) is 0 Å². The number of fused-ring (bicyclic) bond motifs is 1. The second kappa shape index (κ2) is 7.67. The molecule has 30 heavy (non-hydrogen) atoms. The van der Waals surface area contributed by atoms with Crippen LogP contribution in [0.3, 0.4) is 0 Å². The second-order valence-electron chi connectivity index (χ2n) is 6.71. The lowest BCUT2D eigenvalue weighted by atomic mass is 10.1. The van der Waals surface area contributed by atoms with Gasteiger partial charge in [0.05, 0.1) is 0 Å². The molecule has 0 saturated carbocycles. The van der Waals surface area contributed by atoms with Gasteiger partial charge >= 0.3 is 0 Å².